The first-order chi connectivity index (χ1) is 11.0. The lowest BCUT2D eigenvalue weighted by Crippen LogP contribution is -2.23. The van der Waals surface area contributed by atoms with Gasteiger partial charge in [-0.3, -0.25) is 14.9 Å². The molecule has 0 fully saturated rings. The number of anilines is 2. The Morgan fingerprint density at radius 1 is 1.22 bits per heavy atom. The second-order valence-electron chi connectivity index (χ2n) is 5.12. The molecule has 2 amide bonds. The van der Waals surface area contributed by atoms with E-state index in [2.05, 4.69) is 21.1 Å². The van der Waals surface area contributed by atoms with Crippen LogP contribution in [0.25, 0.3) is 0 Å². The number of carbonyl (C=O) groups is 2. The maximum atomic E-state index is 11.8. The van der Waals surface area contributed by atoms with Gasteiger partial charge in [-0.05, 0) is 44.5 Å². The number of nitrogens with one attached hydrogen (secondary N) is 3. The summed E-state index contributed by atoms with van der Waals surface area (Å²) >= 11 is 0. The largest absolute Gasteiger partial charge is 0.376 e. The molecule has 122 valence electrons. The number of hydrogen-bond acceptors (Lipinski definition) is 5. The zero-order valence-electron chi connectivity index (χ0n) is 13.4. The molecular weight excluding hydrogens is 296 g/mol. The van der Waals surface area contributed by atoms with Crippen LogP contribution in [0.2, 0.25) is 0 Å². The molecule has 3 N–H and O–H groups in total. The number of aryl methyl sites for hydroxylation is 2. The van der Waals surface area contributed by atoms with E-state index < -0.39 is 0 Å². The van der Waals surface area contributed by atoms with Crippen LogP contribution in [0.4, 0.5) is 11.6 Å². The molecule has 2 aromatic rings. The lowest BCUT2D eigenvalue weighted by atomic mass is 10.1. The molecule has 0 saturated heterocycles. The third kappa shape index (κ3) is 4.57. The van der Waals surface area contributed by atoms with Crippen molar-refractivity contribution in [2.75, 3.05) is 23.7 Å². The molecule has 0 aliphatic rings. The Balaban J connectivity index is 1.92. The Bertz CT molecular complexity index is 709. The van der Waals surface area contributed by atoms with Crippen LogP contribution < -0.4 is 16.0 Å². The zero-order valence-corrected chi connectivity index (χ0v) is 13.4. The molecule has 0 aliphatic heterocycles. The molecular formula is C16H20N4O3. The quantitative estimate of drug-likeness (QED) is 0.758. The lowest BCUT2D eigenvalue weighted by Gasteiger charge is -2.10. The van der Waals surface area contributed by atoms with Gasteiger partial charge in [0.2, 0.25) is 11.8 Å². The van der Waals surface area contributed by atoms with E-state index in [9.17, 15) is 9.59 Å². The Kier molecular flexibility index (Phi) is 5.35. The van der Waals surface area contributed by atoms with Crippen molar-refractivity contribution in [3.05, 3.63) is 41.1 Å². The topological polar surface area (TPSA) is 96.3 Å². The summed E-state index contributed by atoms with van der Waals surface area (Å²) in [6.07, 6.45) is 0. The first-order valence-electron chi connectivity index (χ1n) is 7.35. The minimum atomic E-state index is -0.242. The second kappa shape index (κ2) is 7.44. The minimum Gasteiger partial charge on any atom is -0.376 e. The zero-order chi connectivity index (χ0) is 16.8. The summed E-state index contributed by atoms with van der Waals surface area (Å²) in [4.78, 5) is 23.6. The van der Waals surface area contributed by atoms with E-state index in [0.717, 1.165) is 11.3 Å². The average Bonchev–Trinajstić information content (AvgIpc) is 2.91. The van der Waals surface area contributed by atoms with E-state index in [1.54, 1.807) is 31.2 Å². The van der Waals surface area contributed by atoms with Crippen LogP contribution in [0, 0.1) is 13.8 Å². The van der Waals surface area contributed by atoms with Crippen LogP contribution in [-0.2, 0) is 4.79 Å². The molecule has 1 heterocycles. The highest BCUT2D eigenvalue weighted by Crippen LogP contribution is 2.16. The molecule has 7 nitrogen and oxygen atoms in total. The van der Waals surface area contributed by atoms with Gasteiger partial charge in [0.05, 0.1) is 12.2 Å². The second-order valence-corrected chi connectivity index (χ2v) is 5.12. The smallest absolute Gasteiger partial charge is 0.251 e. The van der Waals surface area contributed by atoms with Crippen LogP contribution in [0.15, 0.2) is 28.8 Å². The van der Waals surface area contributed by atoms with Gasteiger partial charge in [0.25, 0.3) is 5.91 Å². The predicted octanol–water partition coefficient (Wildman–Crippen LogP) is 2.09. The molecule has 0 radical (unpaired) electrons. The van der Waals surface area contributed by atoms with Crippen molar-refractivity contribution >= 4 is 23.4 Å². The number of carbonyl (C=O) groups excluding carboxylic acids is 2. The van der Waals surface area contributed by atoms with Gasteiger partial charge >= 0.3 is 0 Å². The monoisotopic (exact) mass is 316 g/mol. The van der Waals surface area contributed by atoms with E-state index in [-0.39, 0.29) is 18.4 Å². The van der Waals surface area contributed by atoms with Gasteiger partial charge in [0, 0.05) is 23.9 Å². The fraction of sp³-hybridized carbons (Fsp3) is 0.312. The number of benzene rings is 1. The van der Waals surface area contributed by atoms with E-state index >= 15 is 0 Å². The maximum absolute atomic E-state index is 11.8. The first kappa shape index (κ1) is 16.5. The van der Waals surface area contributed by atoms with Gasteiger partial charge in [0.1, 0.15) is 0 Å². The van der Waals surface area contributed by atoms with Crippen molar-refractivity contribution in [1.29, 1.82) is 0 Å². The van der Waals surface area contributed by atoms with E-state index in [1.807, 2.05) is 13.8 Å². The maximum Gasteiger partial charge on any atom is 0.251 e. The lowest BCUT2D eigenvalue weighted by molar-refractivity contribution is -0.114. The standard InChI is InChI=1S/C16H20N4O3/c1-4-17-16(22)12-5-6-13(10(2)7-12)18-9-14(21)19-15-8-11(3)20-23-15/h5-8,18H,4,9H2,1-3H3,(H,17,22)(H,19,21). The summed E-state index contributed by atoms with van der Waals surface area (Å²) < 4.78 is 4.92. The van der Waals surface area contributed by atoms with Gasteiger partial charge in [-0.25, -0.2) is 0 Å². The van der Waals surface area contributed by atoms with Crippen LogP contribution in [0.1, 0.15) is 28.5 Å². The van der Waals surface area contributed by atoms with Crippen molar-refractivity contribution in [1.82, 2.24) is 10.5 Å². The SMILES string of the molecule is CCNC(=O)c1ccc(NCC(=O)Nc2cc(C)no2)c(C)c1. The summed E-state index contributed by atoms with van der Waals surface area (Å²) in [6, 6.07) is 6.93. The number of nitrogens with zero attached hydrogens (tertiary/aromatic N) is 1. The summed E-state index contributed by atoms with van der Waals surface area (Å²) in [5.74, 6) is -0.0356. The summed E-state index contributed by atoms with van der Waals surface area (Å²) in [7, 11) is 0. The molecule has 0 unspecified atom stereocenters. The van der Waals surface area contributed by atoms with Gasteiger partial charge in [-0.2, -0.15) is 0 Å². The highest BCUT2D eigenvalue weighted by molar-refractivity contribution is 5.95. The Hall–Kier alpha value is -2.83. The fourth-order valence-electron chi connectivity index (χ4n) is 2.05. The number of aromatic nitrogens is 1. The predicted molar refractivity (Wildman–Crippen MR) is 87.5 cm³/mol. The molecule has 0 saturated carbocycles. The van der Waals surface area contributed by atoms with E-state index in [4.69, 9.17) is 4.52 Å². The molecule has 0 aliphatic carbocycles. The van der Waals surface area contributed by atoms with Crippen LogP contribution in [0.5, 0.6) is 0 Å². The average molecular weight is 316 g/mol. The van der Waals surface area contributed by atoms with Crippen molar-refractivity contribution in [3.8, 4) is 0 Å². The Labute approximate surface area is 134 Å². The molecule has 23 heavy (non-hydrogen) atoms. The number of hydrogen-bond donors (Lipinski definition) is 3. The first-order valence-corrected chi connectivity index (χ1v) is 7.35. The normalized spacial score (nSPS) is 10.2. The highest BCUT2D eigenvalue weighted by Gasteiger charge is 2.09. The van der Waals surface area contributed by atoms with Gasteiger partial charge in [-0.1, -0.05) is 5.16 Å². The van der Waals surface area contributed by atoms with Crippen LogP contribution in [0.3, 0.4) is 0 Å². The van der Waals surface area contributed by atoms with E-state index in [0.29, 0.717) is 23.7 Å². The molecule has 1 aromatic heterocycles. The van der Waals surface area contributed by atoms with Crippen LogP contribution >= 0.6 is 0 Å². The van der Waals surface area contributed by atoms with Gasteiger partial charge in [0.15, 0.2) is 0 Å². The molecule has 7 heteroatoms. The third-order valence-corrected chi connectivity index (χ3v) is 3.16. The fourth-order valence-corrected chi connectivity index (χ4v) is 2.05. The molecule has 0 spiro atoms. The van der Waals surface area contributed by atoms with Crippen LogP contribution in [-0.4, -0.2) is 30.1 Å². The van der Waals surface area contributed by atoms with Crippen molar-refractivity contribution in [3.63, 3.8) is 0 Å². The van der Waals surface area contributed by atoms with Gasteiger partial charge in [-0.15, -0.1) is 0 Å². The molecule has 2 rings (SSSR count). The number of rotatable bonds is 6. The van der Waals surface area contributed by atoms with Crippen molar-refractivity contribution in [2.45, 2.75) is 20.8 Å². The minimum absolute atomic E-state index is 0.0844. The van der Waals surface area contributed by atoms with Gasteiger partial charge < -0.3 is 15.2 Å². The molecule has 0 atom stereocenters. The summed E-state index contributed by atoms with van der Waals surface area (Å²) in [6.45, 7) is 6.19. The molecule has 1 aromatic carbocycles. The highest BCUT2D eigenvalue weighted by atomic mass is 16.5. The van der Waals surface area contributed by atoms with E-state index in [1.165, 1.54) is 0 Å². The summed E-state index contributed by atoms with van der Waals surface area (Å²) in [5.41, 5.74) is 2.97. The van der Waals surface area contributed by atoms with Crippen molar-refractivity contribution < 1.29 is 14.1 Å². The molecule has 0 bridgehead atoms. The Morgan fingerprint density at radius 3 is 2.61 bits per heavy atom. The Morgan fingerprint density at radius 2 is 2.00 bits per heavy atom. The summed E-state index contributed by atoms with van der Waals surface area (Å²) in [5, 5.41) is 12.1. The third-order valence-electron chi connectivity index (χ3n) is 3.16. The number of amides is 2. The van der Waals surface area contributed by atoms with Crippen molar-refractivity contribution in [2.24, 2.45) is 0 Å².